The predicted molar refractivity (Wildman–Crippen MR) is 112 cm³/mol. The van der Waals surface area contributed by atoms with Gasteiger partial charge in [0, 0.05) is 13.1 Å². The summed E-state index contributed by atoms with van der Waals surface area (Å²) < 4.78 is 73.1. The number of ether oxygens (including phenoxy) is 1. The fourth-order valence-corrected chi connectivity index (χ4v) is 4.91. The van der Waals surface area contributed by atoms with Crippen LogP contribution in [0, 0.1) is 0 Å². The highest BCUT2D eigenvalue weighted by molar-refractivity contribution is 7.92. The van der Waals surface area contributed by atoms with E-state index in [4.69, 9.17) is 0 Å². The quantitative estimate of drug-likeness (QED) is 0.622. The second kappa shape index (κ2) is 9.37. The molecule has 7 nitrogen and oxygen atoms in total. The summed E-state index contributed by atoms with van der Waals surface area (Å²) >= 11 is 0. The molecule has 0 spiro atoms. The zero-order valence-corrected chi connectivity index (χ0v) is 18.1. The maximum Gasteiger partial charge on any atom is 0.416 e. The lowest BCUT2D eigenvalue weighted by molar-refractivity contribution is -0.137. The Kier molecular flexibility index (Phi) is 6.99. The maximum absolute atomic E-state index is 13.3. The van der Waals surface area contributed by atoms with Gasteiger partial charge in [-0.15, -0.1) is 0 Å². The number of carbonyl (C=O) groups excluding carboxylic acids is 1. The number of piperidine rings is 1. The van der Waals surface area contributed by atoms with Gasteiger partial charge in [0.15, 0.2) is 0 Å². The standard InChI is InChI=1S/C21H23F3N2O5S/c1-31-20(28)14-5-6-15(13-27)19(11-14)32(29,30)25-17-12-16(21(22,23)24)7-8-18(17)26-9-3-2-4-10-26/h5-8,11-12,25,27H,2-4,9-10,13H2,1H3. The number of nitrogens with zero attached hydrogens (tertiary/aromatic N) is 1. The minimum absolute atomic E-state index is 0.0170. The maximum atomic E-state index is 13.3. The highest BCUT2D eigenvalue weighted by Crippen LogP contribution is 2.37. The number of hydrogen-bond acceptors (Lipinski definition) is 6. The molecule has 0 aromatic heterocycles. The van der Waals surface area contributed by atoms with Gasteiger partial charge in [0.2, 0.25) is 0 Å². The van der Waals surface area contributed by atoms with E-state index in [0.29, 0.717) is 18.8 Å². The minimum Gasteiger partial charge on any atom is -0.465 e. The Morgan fingerprint density at radius 1 is 1.12 bits per heavy atom. The first-order chi connectivity index (χ1) is 15.1. The smallest absolute Gasteiger partial charge is 0.416 e. The summed E-state index contributed by atoms with van der Waals surface area (Å²) in [5.41, 5.74) is -0.992. The Bertz CT molecular complexity index is 1100. The van der Waals surface area contributed by atoms with Crippen LogP contribution in [-0.2, 0) is 27.5 Å². The second-order valence-electron chi connectivity index (χ2n) is 7.36. The molecule has 0 radical (unpaired) electrons. The molecule has 0 bridgehead atoms. The van der Waals surface area contributed by atoms with Crippen LogP contribution in [0.1, 0.15) is 40.7 Å². The highest BCUT2D eigenvalue weighted by atomic mass is 32.2. The fraction of sp³-hybridized carbons (Fsp3) is 0.381. The Hall–Kier alpha value is -2.79. The second-order valence-corrected chi connectivity index (χ2v) is 9.01. The molecule has 1 aliphatic heterocycles. The number of aliphatic hydroxyl groups excluding tert-OH is 1. The zero-order chi connectivity index (χ0) is 23.5. The summed E-state index contributed by atoms with van der Waals surface area (Å²) in [5.74, 6) is -0.793. The number of rotatable bonds is 6. The van der Waals surface area contributed by atoms with Crippen molar-refractivity contribution in [3.63, 3.8) is 0 Å². The molecule has 0 saturated carbocycles. The Morgan fingerprint density at radius 2 is 1.81 bits per heavy atom. The van der Waals surface area contributed by atoms with Gasteiger partial charge in [0.25, 0.3) is 10.0 Å². The van der Waals surface area contributed by atoms with Crippen LogP contribution in [0.5, 0.6) is 0 Å². The largest absolute Gasteiger partial charge is 0.465 e. The SMILES string of the molecule is COC(=O)c1ccc(CO)c(S(=O)(=O)Nc2cc(C(F)(F)F)ccc2N2CCCCC2)c1. The average Bonchev–Trinajstić information content (AvgIpc) is 2.77. The zero-order valence-electron chi connectivity index (χ0n) is 17.3. The molecule has 0 unspecified atom stereocenters. The Balaban J connectivity index is 2.08. The third kappa shape index (κ3) is 5.16. The van der Waals surface area contributed by atoms with E-state index in [9.17, 15) is 31.5 Å². The van der Waals surface area contributed by atoms with Crippen LogP contribution in [0.3, 0.4) is 0 Å². The average molecular weight is 472 g/mol. The van der Waals surface area contributed by atoms with E-state index in [1.807, 2.05) is 4.90 Å². The van der Waals surface area contributed by atoms with Gasteiger partial charge in [0.1, 0.15) is 0 Å². The van der Waals surface area contributed by atoms with Crippen molar-refractivity contribution in [1.29, 1.82) is 0 Å². The molecule has 11 heteroatoms. The van der Waals surface area contributed by atoms with Crippen molar-refractivity contribution in [2.45, 2.75) is 36.9 Å². The van der Waals surface area contributed by atoms with Gasteiger partial charge in [-0.05, 0) is 55.2 Å². The first-order valence-corrected chi connectivity index (χ1v) is 11.4. The third-order valence-corrected chi connectivity index (χ3v) is 6.66. The molecular formula is C21H23F3N2O5S. The molecule has 1 aliphatic rings. The van der Waals surface area contributed by atoms with Crippen LogP contribution in [0.4, 0.5) is 24.5 Å². The van der Waals surface area contributed by atoms with Crippen LogP contribution in [-0.4, -0.2) is 39.7 Å². The van der Waals surface area contributed by atoms with Crippen LogP contribution in [0.25, 0.3) is 0 Å². The minimum atomic E-state index is -4.67. The topological polar surface area (TPSA) is 95.9 Å². The van der Waals surface area contributed by atoms with Gasteiger partial charge in [-0.3, -0.25) is 4.72 Å². The monoisotopic (exact) mass is 472 g/mol. The van der Waals surface area contributed by atoms with Gasteiger partial charge in [0.05, 0.1) is 41.1 Å². The Labute approximate surface area is 183 Å². The molecule has 1 heterocycles. The van der Waals surface area contributed by atoms with E-state index in [1.165, 1.54) is 18.2 Å². The van der Waals surface area contributed by atoms with E-state index in [-0.39, 0.29) is 16.8 Å². The van der Waals surface area contributed by atoms with Crippen LogP contribution >= 0.6 is 0 Å². The van der Waals surface area contributed by atoms with Gasteiger partial charge in [-0.25, -0.2) is 13.2 Å². The summed E-state index contributed by atoms with van der Waals surface area (Å²) in [4.78, 5) is 13.2. The van der Waals surface area contributed by atoms with Crippen molar-refractivity contribution < 1.29 is 36.2 Å². The van der Waals surface area contributed by atoms with Gasteiger partial charge in [-0.2, -0.15) is 13.2 Å². The molecule has 2 aromatic rings. The van der Waals surface area contributed by atoms with E-state index in [1.54, 1.807) is 0 Å². The molecule has 0 aliphatic carbocycles. The number of carbonyl (C=O) groups is 1. The Morgan fingerprint density at radius 3 is 2.41 bits per heavy atom. The van der Waals surface area contributed by atoms with Gasteiger partial charge < -0.3 is 14.7 Å². The molecule has 1 fully saturated rings. The lowest BCUT2D eigenvalue weighted by atomic mass is 10.1. The van der Waals surface area contributed by atoms with Crippen molar-refractivity contribution in [3.8, 4) is 0 Å². The van der Waals surface area contributed by atoms with Crippen LogP contribution in [0.2, 0.25) is 0 Å². The van der Waals surface area contributed by atoms with E-state index < -0.39 is 39.2 Å². The highest BCUT2D eigenvalue weighted by Gasteiger charge is 2.32. The normalized spacial score (nSPS) is 14.8. The number of esters is 1. The number of anilines is 2. The number of methoxy groups -OCH3 is 1. The van der Waals surface area contributed by atoms with Crippen molar-refractivity contribution in [2.24, 2.45) is 0 Å². The number of nitrogens with one attached hydrogen (secondary N) is 1. The molecule has 1 saturated heterocycles. The van der Waals surface area contributed by atoms with Crippen LogP contribution in [0.15, 0.2) is 41.3 Å². The molecule has 2 N–H and O–H groups in total. The fourth-order valence-electron chi connectivity index (χ4n) is 3.58. The summed E-state index contributed by atoms with van der Waals surface area (Å²) in [5, 5.41) is 9.58. The first-order valence-electron chi connectivity index (χ1n) is 9.88. The van der Waals surface area contributed by atoms with Gasteiger partial charge >= 0.3 is 12.1 Å². The number of alkyl halides is 3. The summed E-state index contributed by atoms with van der Waals surface area (Å²) in [6.07, 6.45) is -2.01. The predicted octanol–water partition coefficient (Wildman–Crippen LogP) is 3.78. The summed E-state index contributed by atoms with van der Waals surface area (Å²) in [6, 6.07) is 6.49. The number of aliphatic hydroxyl groups is 1. The number of halogens is 3. The molecule has 32 heavy (non-hydrogen) atoms. The van der Waals surface area contributed by atoms with E-state index >= 15 is 0 Å². The lowest BCUT2D eigenvalue weighted by Crippen LogP contribution is -2.30. The summed E-state index contributed by atoms with van der Waals surface area (Å²) in [6.45, 7) is 0.513. The van der Waals surface area contributed by atoms with Crippen molar-refractivity contribution >= 4 is 27.4 Å². The molecule has 174 valence electrons. The molecule has 0 amide bonds. The lowest BCUT2D eigenvalue weighted by Gasteiger charge is -2.31. The van der Waals surface area contributed by atoms with E-state index in [2.05, 4.69) is 9.46 Å². The molecular weight excluding hydrogens is 449 g/mol. The number of hydrogen-bond donors (Lipinski definition) is 2. The summed E-state index contributed by atoms with van der Waals surface area (Å²) in [7, 11) is -3.33. The van der Waals surface area contributed by atoms with E-state index in [0.717, 1.165) is 44.6 Å². The third-order valence-electron chi connectivity index (χ3n) is 5.21. The van der Waals surface area contributed by atoms with Gasteiger partial charge in [-0.1, -0.05) is 6.07 Å². The van der Waals surface area contributed by atoms with Crippen molar-refractivity contribution in [1.82, 2.24) is 0 Å². The molecule has 3 rings (SSSR count). The first kappa shape index (κ1) is 23.9. The van der Waals surface area contributed by atoms with Crippen molar-refractivity contribution in [2.75, 3.05) is 29.8 Å². The van der Waals surface area contributed by atoms with Crippen molar-refractivity contribution in [3.05, 3.63) is 53.1 Å². The number of benzene rings is 2. The molecule has 0 atom stereocenters. The molecule has 2 aromatic carbocycles. The van der Waals surface area contributed by atoms with Crippen LogP contribution < -0.4 is 9.62 Å². The number of sulfonamides is 1.